The molecule has 2 heterocycles. The van der Waals surface area contributed by atoms with Gasteiger partial charge in [-0.25, -0.2) is 0 Å². The fourth-order valence-corrected chi connectivity index (χ4v) is 3.19. The average molecular weight is 254 g/mol. The summed E-state index contributed by atoms with van der Waals surface area (Å²) in [5.41, 5.74) is 5.50. The molecule has 3 rings (SSSR count). The molecular formula is C10H14N4O2S. The molecule has 2 N–H and O–H groups in total. The van der Waals surface area contributed by atoms with Crippen LogP contribution in [-0.4, -0.2) is 46.3 Å². The number of nitrogens with zero attached hydrogens (tertiary/aromatic N) is 3. The zero-order valence-corrected chi connectivity index (χ0v) is 10.2. The van der Waals surface area contributed by atoms with Crippen LogP contribution >= 0.6 is 11.3 Å². The molecule has 0 spiro atoms. The van der Waals surface area contributed by atoms with Crippen molar-refractivity contribution in [3.63, 3.8) is 0 Å². The number of nitrogens with two attached hydrogens (primary N) is 1. The molecule has 1 saturated heterocycles. The van der Waals surface area contributed by atoms with Crippen LogP contribution in [0.15, 0.2) is 0 Å². The van der Waals surface area contributed by atoms with Crippen LogP contribution in [0.5, 0.6) is 0 Å². The van der Waals surface area contributed by atoms with Crippen LogP contribution in [0.4, 0.5) is 5.13 Å². The highest BCUT2D eigenvalue weighted by Crippen LogP contribution is 2.31. The number of fused-ring (bicyclic) bond motifs is 1. The number of anilines is 1. The molecule has 1 amide bonds. The van der Waals surface area contributed by atoms with Crippen molar-refractivity contribution in [3.8, 4) is 0 Å². The molecule has 1 aliphatic carbocycles. The van der Waals surface area contributed by atoms with E-state index in [0.29, 0.717) is 23.3 Å². The summed E-state index contributed by atoms with van der Waals surface area (Å²) in [5.74, 6) is -0.0561. The summed E-state index contributed by atoms with van der Waals surface area (Å²) in [4.78, 5) is 14.2. The maximum absolute atomic E-state index is 12.3. The smallest absolute Gasteiger partial charge is 0.285 e. The van der Waals surface area contributed by atoms with Crippen LogP contribution in [0.1, 0.15) is 29.1 Å². The zero-order valence-electron chi connectivity index (χ0n) is 9.33. The number of amides is 1. The molecule has 1 aromatic heterocycles. The van der Waals surface area contributed by atoms with Gasteiger partial charge >= 0.3 is 0 Å². The lowest BCUT2D eigenvalue weighted by molar-refractivity contribution is -0.0445. The summed E-state index contributed by atoms with van der Waals surface area (Å²) in [6.45, 7) is 1.25. The van der Waals surface area contributed by atoms with Gasteiger partial charge in [0.15, 0.2) is 0 Å². The van der Waals surface area contributed by atoms with E-state index in [1.807, 2.05) is 4.90 Å². The monoisotopic (exact) mass is 254 g/mol. The number of nitrogen functional groups attached to an aromatic ring is 1. The van der Waals surface area contributed by atoms with Gasteiger partial charge in [0.1, 0.15) is 0 Å². The molecule has 0 aromatic carbocycles. The highest BCUT2D eigenvalue weighted by Gasteiger charge is 2.39. The van der Waals surface area contributed by atoms with Crippen molar-refractivity contribution in [2.45, 2.75) is 31.4 Å². The number of hydrogen-bond acceptors (Lipinski definition) is 6. The van der Waals surface area contributed by atoms with Crippen LogP contribution in [0.25, 0.3) is 0 Å². The van der Waals surface area contributed by atoms with Gasteiger partial charge in [0.05, 0.1) is 18.8 Å². The van der Waals surface area contributed by atoms with Crippen LogP contribution in [0.3, 0.4) is 0 Å². The third-order valence-electron chi connectivity index (χ3n) is 3.37. The molecule has 17 heavy (non-hydrogen) atoms. The number of rotatable bonds is 1. The number of morpholine rings is 1. The quantitative estimate of drug-likeness (QED) is 0.790. The van der Waals surface area contributed by atoms with E-state index in [2.05, 4.69) is 10.2 Å². The van der Waals surface area contributed by atoms with Crippen molar-refractivity contribution in [2.75, 3.05) is 18.9 Å². The SMILES string of the molecule is Nc1nnc(C(=O)N2CCOC3CCCC32)s1. The van der Waals surface area contributed by atoms with E-state index in [0.717, 1.165) is 30.6 Å². The molecule has 1 aromatic rings. The second-order valence-electron chi connectivity index (χ2n) is 4.35. The first-order chi connectivity index (χ1) is 8.25. The fourth-order valence-electron chi connectivity index (χ4n) is 2.62. The third-order valence-corrected chi connectivity index (χ3v) is 4.11. The lowest BCUT2D eigenvalue weighted by Crippen LogP contribution is -2.51. The van der Waals surface area contributed by atoms with Gasteiger partial charge < -0.3 is 15.4 Å². The summed E-state index contributed by atoms with van der Waals surface area (Å²) < 4.78 is 5.67. The Bertz CT molecular complexity index is 436. The molecule has 7 heteroatoms. The Kier molecular flexibility index (Phi) is 2.71. The van der Waals surface area contributed by atoms with Gasteiger partial charge in [0.25, 0.3) is 5.91 Å². The molecule has 0 bridgehead atoms. The summed E-state index contributed by atoms with van der Waals surface area (Å²) in [7, 11) is 0. The number of carbonyl (C=O) groups is 1. The van der Waals surface area contributed by atoms with E-state index in [9.17, 15) is 4.79 Å². The fraction of sp³-hybridized carbons (Fsp3) is 0.700. The van der Waals surface area contributed by atoms with Crippen LogP contribution in [0.2, 0.25) is 0 Å². The number of carbonyl (C=O) groups excluding carboxylic acids is 1. The Morgan fingerprint density at radius 3 is 3.12 bits per heavy atom. The van der Waals surface area contributed by atoms with Crippen LogP contribution in [0, 0.1) is 0 Å². The summed E-state index contributed by atoms with van der Waals surface area (Å²) in [5, 5.41) is 8.22. The van der Waals surface area contributed by atoms with E-state index in [1.54, 1.807) is 0 Å². The molecule has 1 aliphatic heterocycles. The third kappa shape index (κ3) is 1.89. The lowest BCUT2D eigenvalue weighted by Gasteiger charge is -2.37. The Hall–Kier alpha value is -1.21. The van der Waals surface area contributed by atoms with Gasteiger partial charge in [0.2, 0.25) is 10.1 Å². The van der Waals surface area contributed by atoms with Crippen molar-refractivity contribution in [3.05, 3.63) is 5.01 Å². The van der Waals surface area contributed by atoms with E-state index in [1.165, 1.54) is 0 Å². The minimum atomic E-state index is -0.0561. The molecule has 2 atom stereocenters. The molecule has 0 radical (unpaired) electrons. The molecule has 2 fully saturated rings. The molecule has 1 saturated carbocycles. The minimum Gasteiger partial charge on any atom is -0.374 e. The normalized spacial score (nSPS) is 28.1. The van der Waals surface area contributed by atoms with Crippen molar-refractivity contribution >= 4 is 22.4 Å². The van der Waals surface area contributed by atoms with Gasteiger partial charge in [-0.1, -0.05) is 11.3 Å². The Balaban J connectivity index is 1.81. The molecular weight excluding hydrogens is 240 g/mol. The van der Waals surface area contributed by atoms with Gasteiger partial charge in [-0.15, -0.1) is 10.2 Å². The van der Waals surface area contributed by atoms with Crippen LogP contribution < -0.4 is 5.73 Å². The average Bonchev–Trinajstić information content (AvgIpc) is 2.95. The first-order valence-electron chi connectivity index (χ1n) is 5.77. The summed E-state index contributed by atoms with van der Waals surface area (Å²) in [6.07, 6.45) is 3.40. The summed E-state index contributed by atoms with van der Waals surface area (Å²) >= 11 is 1.15. The predicted octanol–water partition coefficient (Wildman–Crippen LogP) is 0.514. The Morgan fingerprint density at radius 1 is 1.47 bits per heavy atom. The second-order valence-corrected chi connectivity index (χ2v) is 5.36. The van der Waals surface area contributed by atoms with Gasteiger partial charge in [-0.2, -0.15) is 0 Å². The van der Waals surface area contributed by atoms with E-state index < -0.39 is 0 Å². The predicted molar refractivity (Wildman–Crippen MR) is 62.7 cm³/mol. The van der Waals surface area contributed by atoms with Crippen LogP contribution in [-0.2, 0) is 4.74 Å². The highest BCUT2D eigenvalue weighted by atomic mass is 32.1. The second kappa shape index (κ2) is 4.23. The Morgan fingerprint density at radius 2 is 2.35 bits per heavy atom. The van der Waals surface area contributed by atoms with Gasteiger partial charge in [-0.3, -0.25) is 4.79 Å². The van der Waals surface area contributed by atoms with E-state index in [4.69, 9.17) is 10.5 Å². The largest absolute Gasteiger partial charge is 0.374 e. The topological polar surface area (TPSA) is 81.3 Å². The van der Waals surface area contributed by atoms with Crippen molar-refractivity contribution in [1.29, 1.82) is 0 Å². The molecule has 92 valence electrons. The maximum atomic E-state index is 12.3. The van der Waals surface area contributed by atoms with E-state index >= 15 is 0 Å². The maximum Gasteiger partial charge on any atom is 0.285 e. The van der Waals surface area contributed by atoms with Crippen molar-refractivity contribution in [1.82, 2.24) is 15.1 Å². The number of aromatic nitrogens is 2. The van der Waals surface area contributed by atoms with Gasteiger partial charge in [-0.05, 0) is 19.3 Å². The first kappa shape index (κ1) is 10.9. The van der Waals surface area contributed by atoms with Crippen molar-refractivity contribution in [2.24, 2.45) is 0 Å². The molecule has 2 unspecified atom stereocenters. The standard InChI is InChI=1S/C10H14N4O2S/c11-10-13-12-8(17-10)9(15)14-4-5-16-7-3-1-2-6(7)14/h6-7H,1-5H2,(H2,11,13). The van der Waals surface area contributed by atoms with E-state index in [-0.39, 0.29) is 18.1 Å². The lowest BCUT2D eigenvalue weighted by atomic mass is 10.1. The van der Waals surface area contributed by atoms with Crippen molar-refractivity contribution < 1.29 is 9.53 Å². The summed E-state index contributed by atoms with van der Waals surface area (Å²) in [6, 6.07) is 0.210. The zero-order chi connectivity index (χ0) is 11.8. The number of ether oxygens (including phenoxy) is 1. The first-order valence-corrected chi connectivity index (χ1v) is 6.59. The van der Waals surface area contributed by atoms with Gasteiger partial charge in [0, 0.05) is 6.54 Å². The minimum absolute atomic E-state index is 0.0561. The molecule has 2 aliphatic rings. The molecule has 6 nitrogen and oxygen atoms in total. The highest BCUT2D eigenvalue weighted by molar-refractivity contribution is 7.16. The number of hydrogen-bond donors (Lipinski definition) is 1. The Labute approximate surface area is 103 Å².